The number of carbonyl (C=O) groups excluding carboxylic acids is 2. The van der Waals surface area contributed by atoms with Gasteiger partial charge in [0.25, 0.3) is 0 Å². The number of benzene rings is 2. The van der Waals surface area contributed by atoms with E-state index in [-0.39, 0.29) is 18.4 Å². The Labute approximate surface area is 142 Å². The number of hydrogen-bond acceptors (Lipinski definition) is 2. The predicted octanol–water partition coefficient (Wildman–Crippen LogP) is 2.56. The third-order valence-corrected chi connectivity index (χ3v) is 4.40. The fourth-order valence-corrected chi connectivity index (χ4v) is 3.13. The van der Waals surface area contributed by atoms with Crippen molar-refractivity contribution >= 4 is 11.8 Å². The number of likely N-dealkylation sites (tertiary alicyclic amines) is 1. The van der Waals surface area contributed by atoms with E-state index in [0.717, 1.165) is 37.1 Å². The molecule has 4 nitrogen and oxygen atoms in total. The molecule has 0 spiro atoms. The molecule has 24 heavy (non-hydrogen) atoms. The summed E-state index contributed by atoms with van der Waals surface area (Å²) in [5.74, 6) is -0.542. The second-order valence-corrected chi connectivity index (χ2v) is 6.06. The third-order valence-electron chi connectivity index (χ3n) is 4.40. The topological polar surface area (TPSA) is 49.4 Å². The van der Waals surface area contributed by atoms with Crippen molar-refractivity contribution in [1.29, 1.82) is 0 Å². The van der Waals surface area contributed by atoms with Gasteiger partial charge in [-0.15, -0.1) is 0 Å². The lowest BCUT2D eigenvalue weighted by molar-refractivity contribution is -0.132. The molecule has 0 saturated carbocycles. The highest BCUT2D eigenvalue weighted by Gasteiger charge is 2.24. The van der Waals surface area contributed by atoms with Gasteiger partial charge in [0, 0.05) is 13.1 Å². The minimum absolute atomic E-state index is 0.000670. The van der Waals surface area contributed by atoms with Gasteiger partial charge < -0.3 is 10.2 Å². The number of hydrogen-bond donors (Lipinski definition) is 1. The number of nitrogens with one attached hydrogen (secondary N) is 1. The first-order chi connectivity index (χ1) is 11.8. The monoisotopic (exact) mass is 322 g/mol. The molecule has 2 aromatic carbocycles. The number of rotatable bonds is 5. The zero-order chi connectivity index (χ0) is 16.8. The van der Waals surface area contributed by atoms with Crippen molar-refractivity contribution in [2.75, 3.05) is 19.6 Å². The first kappa shape index (κ1) is 16.2. The van der Waals surface area contributed by atoms with Crippen LogP contribution in [0.15, 0.2) is 60.7 Å². The molecule has 1 saturated heterocycles. The highest BCUT2D eigenvalue weighted by molar-refractivity contribution is 5.90. The van der Waals surface area contributed by atoms with Crippen LogP contribution in [0, 0.1) is 0 Å². The first-order valence-corrected chi connectivity index (χ1v) is 8.41. The Morgan fingerprint density at radius 2 is 1.38 bits per heavy atom. The van der Waals surface area contributed by atoms with E-state index in [1.165, 1.54) is 0 Å². The van der Waals surface area contributed by atoms with E-state index in [9.17, 15) is 9.59 Å². The van der Waals surface area contributed by atoms with Crippen LogP contribution in [0.4, 0.5) is 0 Å². The molecule has 1 fully saturated rings. The van der Waals surface area contributed by atoms with Crippen LogP contribution in [0.5, 0.6) is 0 Å². The minimum atomic E-state index is -0.404. The SMILES string of the molecule is O=C(NCC(=O)N1CCCC1)C(c1ccccc1)c1ccccc1. The van der Waals surface area contributed by atoms with Crippen LogP contribution in [-0.4, -0.2) is 36.3 Å². The van der Waals surface area contributed by atoms with Gasteiger partial charge in [0.15, 0.2) is 0 Å². The molecule has 0 aliphatic carbocycles. The van der Waals surface area contributed by atoms with Crippen LogP contribution < -0.4 is 5.32 Å². The van der Waals surface area contributed by atoms with Crippen molar-refractivity contribution in [2.45, 2.75) is 18.8 Å². The normalized spacial score (nSPS) is 14.0. The zero-order valence-electron chi connectivity index (χ0n) is 13.7. The van der Waals surface area contributed by atoms with Crippen molar-refractivity contribution in [1.82, 2.24) is 10.2 Å². The summed E-state index contributed by atoms with van der Waals surface area (Å²) in [4.78, 5) is 26.8. The lowest BCUT2D eigenvalue weighted by Crippen LogP contribution is -2.40. The predicted molar refractivity (Wildman–Crippen MR) is 93.6 cm³/mol. The van der Waals surface area contributed by atoms with Crippen LogP contribution in [0.3, 0.4) is 0 Å². The molecule has 0 atom stereocenters. The fraction of sp³-hybridized carbons (Fsp3) is 0.300. The lowest BCUT2D eigenvalue weighted by atomic mass is 9.90. The Bertz CT molecular complexity index is 640. The van der Waals surface area contributed by atoms with Gasteiger partial charge in [0.1, 0.15) is 0 Å². The maximum absolute atomic E-state index is 12.8. The average molecular weight is 322 g/mol. The summed E-state index contributed by atoms with van der Waals surface area (Å²) in [6.45, 7) is 1.67. The molecular weight excluding hydrogens is 300 g/mol. The second-order valence-electron chi connectivity index (χ2n) is 6.06. The minimum Gasteiger partial charge on any atom is -0.346 e. The summed E-state index contributed by atoms with van der Waals surface area (Å²) in [6, 6.07) is 19.3. The van der Waals surface area contributed by atoms with Gasteiger partial charge in [0.2, 0.25) is 11.8 Å². The van der Waals surface area contributed by atoms with Gasteiger partial charge in [-0.05, 0) is 24.0 Å². The fourth-order valence-electron chi connectivity index (χ4n) is 3.13. The van der Waals surface area contributed by atoms with E-state index >= 15 is 0 Å². The molecular formula is C20H22N2O2. The van der Waals surface area contributed by atoms with E-state index in [0.29, 0.717) is 0 Å². The maximum Gasteiger partial charge on any atom is 0.241 e. The summed E-state index contributed by atoms with van der Waals surface area (Å²) in [5, 5.41) is 2.83. The summed E-state index contributed by atoms with van der Waals surface area (Å²) >= 11 is 0. The molecule has 0 bridgehead atoms. The summed E-state index contributed by atoms with van der Waals surface area (Å²) in [7, 11) is 0. The molecule has 0 aromatic heterocycles. The zero-order valence-corrected chi connectivity index (χ0v) is 13.7. The van der Waals surface area contributed by atoms with Crippen molar-refractivity contribution < 1.29 is 9.59 Å². The molecule has 0 unspecified atom stereocenters. The Kier molecular flexibility index (Phi) is 5.26. The number of carbonyl (C=O) groups is 2. The van der Waals surface area contributed by atoms with Crippen molar-refractivity contribution in [3.8, 4) is 0 Å². The van der Waals surface area contributed by atoms with E-state index in [1.54, 1.807) is 0 Å². The molecule has 1 N–H and O–H groups in total. The summed E-state index contributed by atoms with van der Waals surface area (Å²) in [5.41, 5.74) is 1.85. The molecule has 4 heteroatoms. The van der Waals surface area contributed by atoms with E-state index in [4.69, 9.17) is 0 Å². The van der Waals surface area contributed by atoms with E-state index in [2.05, 4.69) is 5.32 Å². The lowest BCUT2D eigenvalue weighted by Gasteiger charge is -2.20. The molecule has 124 valence electrons. The van der Waals surface area contributed by atoms with Gasteiger partial charge in [-0.1, -0.05) is 60.7 Å². The van der Waals surface area contributed by atoms with Crippen molar-refractivity contribution in [3.63, 3.8) is 0 Å². The molecule has 1 heterocycles. The Morgan fingerprint density at radius 1 is 0.875 bits per heavy atom. The van der Waals surface area contributed by atoms with Crippen LogP contribution >= 0.6 is 0 Å². The molecule has 3 rings (SSSR count). The molecule has 0 radical (unpaired) electrons. The number of nitrogens with zero attached hydrogens (tertiary/aromatic N) is 1. The summed E-state index contributed by atoms with van der Waals surface area (Å²) in [6.07, 6.45) is 2.10. The van der Waals surface area contributed by atoms with Crippen LogP contribution in [-0.2, 0) is 9.59 Å². The largest absolute Gasteiger partial charge is 0.346 e. The van der Waals surface area contributed by atoms with Gasteiger partial charge >= 0.3 is 0 Å². The van der Waals surface area contributed by atoms with Crippen molar-refractivity contribution in [2.24, 2.45) is 0 Å². The Hall–Kier alpha value is -2.62. The van der Waals surface area contributed by atoms with E-state index in [1.807, 2.05) is 65.6 Å². The highest BCUT2D eigenvalue weighted by atomic mass is 16.2. The summed E-state index contributed by atoms with van der Waals surface area (Å²) < 4.78 is 0. The molecule has 1 aliphatic heterocycles. The maximum atomic E-state index is 12.8. The molecule has 1 aliphatic rings. The van der Waals surface area contributed by atoms with Gasteiger partial charge in [-0.25, -0.2) is 0 Å². The highest BCUT2D eigenvalue weighted by Crippen LogP contribution is 2.24. The molecule has 2 aromatic rings. The third kappa shape index (κ3) is 3.82. The first-order valence-electron chi connectivity index (χ1n) is 8.41. The standard InChI is InChI=1S/C20H22N2O2/c23-18(22-13-7-8-14-22)15-21-20(24)19(16-9-3-1-4-10-16)17-11-5-2-6-12-17/h1-6,9-12,19H,7-8,13-15H2,(H,21,24). The van der Waals surface area contributed by atoms with Crippen LogP contribution in [0.1, 0.15) is 29.9 Å². The van der Waals surface area contributed by atoms with Gasteiger partial charge in [-0.3, -0.25) is 9.59 Å². The van der Waals surface area contributed by atoms with Crippen molar-refractivity contribution in [3.05, 3.63) is 71.8 Å². The van der Waals surface area contributed by atoms with Crippen LogP contribution in [0.25, 0.3) is 0 Å². The van der Waals surface area contributed by atoms with Gasteiger partial charge in [0.05, 0.1) is 12.5 Å². The van der Waals surface area contributed by atoms with E-state index < -0.39 is 5.92 Å². The molecule has 2 amide bonds. The average Bonchev–Trinajstić information content (AvgIpc) is 3.16. The Balaban J connectivity index is 1.73. The quantitative estimate of drug-likeness (QED) is 0.920. The Morgan fingerprint density at radius 3 is 1.88 bits per heavy atom. The second kappa shape index (κ2) is 7.77. The smallest absolute Gasteiger partial charge is 0.241 e. The van der Waals surface area contributed by atoms with Gasteiger partial charge in [-0.2, -0.15) is 0 Å². The van der Waals surface area contributed by atoms with Crippen LogP contribution in [0.2, 0.25) is 0 Å². The number of amides is 2.